The normalized spacial score (nSPS) is 11.9. The third kappa shape index (κ3) is 4.03. The Morgan fingerprint density at radius 1 is 0.559 bits per heavy atom. The summed E-state index contributed by atoms with van der Waals surface area (Å²) in [6, 6.07) is 34.9. The van der Waals surface area contributed by atoms with E-state index in [1.54, 1.807) is 0 Å². The Balaban J connectivity index is 1.77. The predicted molar refractivity (Wildman–Crippen MR) is 149 cm³/mol. The maximum atomic E-state index is 5.17. The highest BCUT2D eigenvalue weighted by molar-refractivity contribution is 6.11. The Hall–Kier alpha value is -3.71. The molecule has 168 valence electrons. The van der Waals surface area contributed by atoms with E-state index < -0.39 is 0 Å². The lowest BCUT2D eigenvalue weighted by molar-refractivity contribution is 0.835. The predicted octanol–water partition coefficient (Wildman–Crippen LogP) is 9.66. The summed E-state index contributed by atoms with van der Waals surface area (Å²) in [6.45, 7) is 8.98. The summed E-state index contributed by atoms with van der Waals surface area (Å²) in [4.78, 5) is 5.17. The average Bonchev–Trinajstić information content (AvgIpc) is 2.86. The van der Waals surface area contributed by atoms with Crippen LogP contribution in [0.1, 0.15) is 56.2 Å². The molecule has 0 fully saturated rings. The number of para-hydroxylation sites is 1. The first-order valence-corrected chi connectivity index (χ1v) is 12.2. The van der Waals surface area contributed by atoms with Gasteiger partial charge in [-0.25, -0.2) is 0 Å². The number of rotatable bonds is 5. The Kier molecular flexibility index (Phi) is 6.02. The zero-order valence-electron chi connectivity index (χ0n) is 20.4. The second-order valence-corrected chi connectivity index (χ2v) is 9.63. The molecule has 5 rings (SSSR count). The smallest absolute Gasteiger partial charge is 0.0699 e. The highest BCUT2D eigenvalue weighted by Gasteiger charge is 2.15. The second kappa shape index (κ2) is 9.27. The van der Waals surface area contributed by atoms with Gasteiger partial charge in [-0.2, -0.15) is 0 Å². The van der Waals surface area contributed by atoms with Crippen LogP contribution in [-0.4, -0.2) is 6.21 Å². The van der Waals surface area contributed by atoms with Crippen molar-refractivity contribution in [3.8, 4) is 11.1 Å². The number of hydrogen-bond acceptors (Lipinski definition) is 1. The molecule has 0 spiro atoms. The molecule has 0 unspecified atom stereocenters. The number of hydrogen-bond donors (Lipinski definition) is 0. The van der Waals surface area contributed by atoms with Crippen LogP contribution in [0.3, 0.4) is 0 Å². The first-order chi connectivity index (χ1) is 16.5. The minimum Gasteiger partial charge on any atom is -0.256 e. The van der Waals surface area contributed by atoms with Gasteiger partial charge in [0.2, 0.25) is 0 Å². The summed E-state index contributed by atoms with van der Waals surface area (Å²) in [5.74, 6) is 0.833. The van der Waals surface area contributed by atoms with E-state index in [9.17, 15) is 0 Å². The Labute approximate surface area is 202 Å². The lowest BCUT2D eigenvalue weighted by Gasteiger charge is -2.17. The summed E-state index contributed by atoms with van der Waals surface area (Å²) in [7, 11) is 0. The lowest BCUT2D eigenvalue weighted by Crippen LogP contribution is -1.96. The zero-order valence-corrected chi connectivity index (χ0v) is 20.4. The standard InChI is InChI=1S/C33H31N/c1-22(2)27-16-10-17-28(23(3)4)33(27)34-21-26-20-19-25-12-6-8-15-30(25)32(26)31-18-9-13-24-11-5-7-14-29(24)31/h5-23H,1-4H3. The third-order valence-electron chi connectivity index (χ3n) is 6.70. The molecule has 0 N–H and O–H groups in total. The first kappa shape index (κ1) is 22.1. The molecule has 1 nitrogen and oxygen atoms in total. The van der Waals surface area contributed by atoms with Gasteiger partial charge in [0.05, 0.1) is 5.69 Å². The minimum atomic E-state index is 0.417. The van der Waals surface area contributed by atoms with Crippen molar-refractivity contribution in [1.82, 2.24) is 0 Å². The minimum absolute atomic E-state index is 0.417. The van der Waals surface area contributed by atoms with Crippen molar-refractivity contribution in [1.29, 1.82) is 0 Å². The number of benzene rings is 5. The van der Waals surface area contributed by atoms with Gasteiger partial charge in [-0.1, -0.05) is 125 Å². The molecule has 0 amide bonds. The van der Waals surface area contributed by atoms with Crippen LogP contribution in [0, 0.1) is 0 Å². The van der Waals surface area contributed by atoms with Crippen molar-refractivity contribution in [2.24, 2.45) is 4.99 Å². The van der Waals surface area contributed by atoms with Gasteiger partial charge in [0.25, 0.3) is 0 Å². The fourth-order valence-electron chi connectivity index (χ4n) is 4.93. The van der Waals surface area contributed by atoms with E-state index in [1.807, 2.05) is 0 Å². The molecule has 0 aromatic heterocycles. The van der Waals surface area contributed by atoms with E-state index in [1.165, 1.54) is 43.8 Å². The van der Waals surface area contributed by atoms with Gasteiger partial charge in [0.15, 0.2) is 0 Å². The molecule has 0 heterocycles. The summed E-state index contributed by atoms with van der Waals surface area (Å²) < 4.78 is 0. The van der Waals surface area contributed by atoms with Gasteiger partial charge in [-0.15, -0.1) is 0 Å². The van der Waals surface area contributed by atoms with Crippen LogP contribution in [-0.2, 0) is 0 Å². The Bertz CT molecular complexity index is 1470. The zero-order chi connectivity index (χ0) is 23.7. The summed E-state index contributed by atoms with van der Waals surface area (Å²) >= 11 is 0. The van der Waals surface area contributed by atoms with Crippen molar-refractivity contribution in [3.63, 3.8) is 0 Å². The van der Waals surface area contributed by atoms with E-state index in [2.05, 4.69) is 131 Å². The average molecular weight is 442 g/mol. The molecule has 0 saturated carbocycles. The fraction of sp³-hybridized carbons (Fsp3) is 0.182. The molecule has 0 aliphatic heterocycles. The fourth-order valence-corrected chi connectivity index (χ4v) is 4.93. The lowest BCUT2D eigenvalue weighted by atomic mass is 9.90. The topological polar surface area (TPSA) is 12.4 Å². The Morgan fingerprint density at radius 3 is 1.79 bits per heavy atom. The van der Waals surface area contributed by atoms with E-state index in [-0.39, 0.29) is 0 Å². The highest BCUT2D eigenvalue weighted by atomic mass is 14.7. The molecular weight excluding hydrogens is 410 g/mol. The van der Waals surface area contributed by atoms with Crippen molar-refractivity contribution in [2.45, 2.75) is 39.5 Å². The molecule has 0 aliphatic carbocycles. The van der Waals surface area contributed by atoms with Gasteiger partial charge < -0.3 is 0 Å². The van der Waals surface area contributed by atoms with Crippen molar-refractivity contribution in [3.05, 3.63) is 114 Å². The summed E-state index contributed by atoms with van der Waals surface area (Å²) in [6.07, 6.45) is 2.08. The largest absolute Gasteiger partial charge is 0.256 e. The van der Waals surface area contributed by atoms with Crippen LogP contribution in [0.15, 0.2) is 102 Å². The van der Waals surface area contributed by atoms with E-state index in [4.69, 9.17) is 4.99 Å². The van der Waals surface area contributed by atoms with Crippen LogP contribution >= 0.6 is 0 Å². The SMILES string of the molecule is CC(C)c1cccc(C(C)C)c1N=Cc1ccc2ccccc2c1-c1cccc2ccccc12. The van der Waals surface area contributed by atoms with Crippen LogP contribution in [0.2, 0.25) is 0 Å². The quantitative estimate of drug-likeness (QED) is 0.241. The van der Waals surface area contributed by atoms with Crippen molar-refractivity contribution >= 4 is 33.4 Å². The molecule has 0 saturated heterocycles. The van der Waals surface area contributed by atoms with Crippen LogP contribution < -0.4 is 0 Å². The van der Waals surface area contributed by atoms with Gasteiger partial charge in [-0.3, -0.25) is 4.99 Å². The van der Waals surface area contributed by atoms with Crippen molar-refractivity contribution < 1.29 is 0 Å². The molecule has 5 aromatic carbocycles. The van der Waals surface area contributed by atoms with Crippen LogP contribution in [0.25, 0.3) is 32.7 Å². The number of nitrogens with zero attached hydrogens (tertiary/aromatic N) is 1. The van der Waals surface area contributed by atoms with E-state index in [0.717, 1.165) is 11.3 Å². The molecule has 5 aromatic rings. The monoisotopic (exact) mass is 441 g/mol. The summed E-state index contributed by atoms with van der Waals surface area (Å²) in [5.41, 5.74) is 7.35. The van der Waals surface area contributed by atoms with Crippen LogP contribution in [0.5, 0.6) is 0 Å². The van der Waals surface area contributed by atoms with Gasteiger partial charge in [0.1, 0.15) is 0 Å². The molecular formula is C33H31N. The van der Waals surface area contributed by atoms with Crippen LogP contribution in [0.4, 0.5) is 5.69 Å². The molecule has 0 atom stereocenters. The maximum Gasteiger partial charge on any atom is 0.0699 e. The molecule has 0 aliphatic rings. The molecule has 0 radical (unpaired) electrons. The molecule has 1 heteroatoms. The summed E-state index contributed by atoms with van der Waals surface area (Å²) in [5, 5.41) is 5.02. The Morgan fingerprint density at radius 2 is 1.12 bits per heavy atom. The molecule has 0 bridgehead atoms. The van der Waals surface area contributed by atoms with E-state index >= 15 is 0 Å². The number of aliphatic imine (C=N–C) groups is 1. The second-order valence-electron chi connectivity index (χ2n) is 9.63. The number of fused-ring (bicyclic) bond motifs is 2. The first-order valence-electron chi connectivity index (χ1n) is 12.2. The maximum absolute atomic E-state index is 5.17. The van der Waals surface area contributed by atoms with Gasteiger partial charge in [-0.05, 0) is 55.6 Å². The van der Waals surface area contributed by atoms with Gasteiger partial charge >= 0.3 is 0 Å². The highest BCUT2D eigenvalue weighted by Crippen LogP contribution is 2.38. The molecule has 34 heavy (non-hydrogen) atoms. The van der Waals surface area contributed by atoms with E-state index in [0.29, 0.717) is 11.8 Å². The third-order valence-corrected chi connectivity index (χ3v) is 6.70. The van der Waals surface area contributed by atoms with Gasteiger partial charge in [0, 0.05) is 11.8 Å². The van der Waals surface area contributed by atoms with Crippen molar-refractivity contribution in [2.75, 3.05) is 0 Å².